The third-order valence-electron chi connectivity index (χ3n) is 7.88. The average Bonchev–Trinajstić information content (AvgIpc) is 3.51. The molecule has 3 aliphatic carbocycles. The highest BCUT2D eigenvalue weighted by atomic mass is 14.9. The summed E-state index contributed by atoms with van der Waals surface area (Å²) in [5, 5.41) is 0. The van der Waals surface area contributed by atoms with Crippen molar-refractivity contribution in [2.24, 2.45) is 11.3 Å². The van der Waals surface area contributed by atoms with Crippen molar-refractivity contribution in [1.82, 2.24) is 0 Å². The van der Waals surface area contributed by atoms with E-state index in [0.29, 0.717) is 10.8 Å². The van der Waals surface area contributed by atoms with E-state index < -0.39 is 0 Å². The molecule has 27 heavy (non-hydrogen) atoms. The summed E-state index contributed by atoms with van der Waals surface area (Å²) in [6, 6.07) is 18.6. The first-order valence-corrected chi connectivity index (χ1v) is 10.6. The number of hydrogen-bond acceptors (Lipinski definition) is 0. The van der Waals surface area contributed by atoms with E-state index in [1.165, 1.54) is 59.9 Å². The molecule has 0 saturated heterocycles. The van der Waals surface area contributed by atoms with Crippen LogP contribution in [-0.4, -0.2) is 0 Å². The fraction of sp³-hybridized carbons (Fsp3) is 0.407. The lowest BCUT2D eigenvalue weighted by Gasteiger charge is -2.27. The third kappa shape index (κ3) is 2.49. The SMILES string of the molecule is C=C1C2(C)CC12c1ccc(-c2ccc(C3CCC(C=CC)CC3)cc2)cc1. The van der Waals surface area contributed by atoms with Crippen molar-refractivity contribution < 1.29 is 0 Å². The minimum atomic E-state index is 0.335. The summed E-state index contributed by atoms with van der Waals surface area (Å²) in [6.07, 6.45) is 11.2. The Morgan fingerprint density at radius 1 is 0.889 bits per heavy atom. The maximum Gasteiger partial charge on any atom is 0.0265 e. The van der Waals surface area contributed by atoms with E-state index in [9.17, 15) is 0 Å². The summed E-state index contributed by atoms with van der Waals surface area (Å²) in [5.74, 6) is 1.55. The van der Waals surface area contributed by atoms with Crippen molar-refractivity contribution in [1.29, 1.82) is 0 Å². The van der Waals surface area contributed by atoms with Gasteiger partial charge in [0.15, 0.2) is 0 Å². The molecule has 5 rings (SSSR count). The van der Waals surface area contributed by atoms with Gasteiger partial charge in [-0.3, -0.25) is 0 Å². The van der Waals surface area contributed by atoms with Crippen molar-refractivity contribution >= 4 is 0 Å². The van der Waals surface area contributed by atoms with Gasteiger partial charge in [-0.15, -0.1) is 0 Å². The highest BCUT2D eigenvalue weighted by Crippen LogP contribution is 2.88. The fourth-order valence-corrected chi connectivity index (χ4v) is 5.74. The maximum absolute atomic E-state index is 4.26. The van der Waals surface area contributed by atoms with Crippen LogP contribution in [0.2, 0.25) is 0 Å². The molecule has 0 spiro atoms. The van der Waals surface area contributed by atoms with E-state index in [0.717, 1.165) is 11.8 Å². The number of fused-ring (bicyclic) bond motifs is 1. The Bertz CT molecular complexity index is 890. The predicted molar refractivity (Wildman–Crippen MR) is 115 cm³/mol. The van der Waals surface area contributed by atoms with Gasteiger partial charge >= 0.3 is 0 Å². The van der Waals surface area contributed by atoms with Gasteiger partial charge in [-0.1, -0.05) is 79.8 Å². The molecule has 0 aliphatic heterocycles. The quantitative estimate of drug-likeness (QED) is 0.501. The van der Waals surface area contributed by atoms with E-state index in [1.807, 2.05) is 0 Å². The minimum absolute atomic E-state index is 0.335. The molecule has 0 heteroatoms. The van der Waals surface area contributed by atoms with Gasteiger partial charge in [0.05, 0.1) is 0 Å². The Labute approximate surface area is 164 Å². The first-order chi connectivity index (χ1) is 13.1. The van der Waals surface area contributed by atoms with Gasteiger partial charge in [0.25, 0.3) is 0 Å². The third-order valence-corrected chi connectivity index (χ3v) is 7.88. The molecular weight excluding hydrogens is 324 g/mol. The number of benzene rings is 2. The molecule has 138 valence electrons. The first-order valence-electron chi connectivity index (χ1n) is 10.6. The van der Waals surface area contributed by atoms with Crippen LogP contribution in [0.15, 0.2) is 72.8 Å². The normalized spacial score (nSPS) is 34.5. The molecule has 0 nitrogen and oxygen atoms in total. The molecular formula is C27H30. The molecule has 0 radical (unpaired) electrons. The lowest BCUT2D eigenvalue weighted by Crippen LogP contribution is -2.11. The molecule has 0 aromatic heterocycles. The molecule has 3 aliphatic rings. The second kappa shape index (κ2) is 5.96. The van der Waals surface area contributed by atoms with Crippen molar-refractivity contribution in [3.05, 3.63) is 84.0 Å². The lowest BCUT2D eigenvalue weighted by molar-refractivity contribution is 0.376. The van der Waals surface area contributed by atoms with Crippen molar-refractivity contribution in [3.63, 3.8) is 0 Å². The number of rotatable bonds is 4. The molecule has 3 saturated carbocycles. The topological polar surface area (TPSA) is 0 Å². The second-order valence-corrected chi connectivity index (χ2v) is 9.23. The Hall–Kier alpha value is -2.08. The van der Waals surface area contributed by atoms with Crippen LogP contribution in [0.3, 0.4) is 0 Å². The molecule has 0 amide bonds. The maximum atomic E-state index is 4.26. The molecule has 2 aromatic carbocycles. The van der Waals surface area contributed by atoms with Crippen LogP contribution >= 0.6 is 0 Å². The molecule has 0 heterocycles. The Morgan fingerprint density at radius 2 is 1.44 bits per heavy atom. The van der Waals surface area contributed by atoms with Gasteiger partial charge in [0.1, 0.15) is 0 Å². The Kier molecular flexibility index (Phi) is 3.76. The van der Waals surface area contributed by atoms with Gasteiger partial charge in [-0.25, -0.2) is 0 Å². The van der Waals surface area contributed by atoms with Gasteiger partial charge in [-0.05, 0) is 73.1 Å². The highest BCUT2D eigenvalue weighted by Gasteiger charge is 2.84. The van der Waals surface area contributed by atoms with Crippen LogP contribution < -0.4 is 0 Å². The summed E-state index contributed by atoms with van der Waals surface area (Å²) in [4.78, 5) is 0. The summed E-state index contributed by atoms with van der Waals surface area (Å²) >= 11 is 0. The Balaban J connectivity index is 1.28. The van der Waals surface area contributed by atoms with Gasteiger partial charge < -0.3 is 0 Å². The highest BCUT2D eigenvalue weighted by molar-refractivity contribution is 5.71. The smallest absolute Gasteiger partial charge is 0.0265 e. The van der Waals surface area contributed by atoms with Crippen LogP contribution in [0.5, 0.6) is 0 Å². The zero-order valence-corrected chi connectivity index (χ0v) is 16.7. The molecule has 2 aromatic rings. The van der Waals surface area contributed by atoms with Crippen LogP contribution in [-0.2, 0) is 5.41 Å². The summed E-state index contributed by atoms with van der Waals surface area (Å²) in [5.41, 5.74) is 7.84. The van der Waals surface area contributed by atoms with Gasteiger partial charge in [-0.2, -0.15) is 0 Å². The number of allylic oxidation sites excluding steroid dienone is 3. The number of hydrogen-bond donors (Lipinski definition) is 0. The van der Waals surface area contributed by atoms with Crippen LogP contribution in [0.25, 0.3) is 11.1 Å². The molecule has 2 atom stereocenters. The van der Waals surface area contributed by atoms with Crippen LogP contribution in [0.1, 0.15) is 63.0 Å². The monoisotopic (exact) mass is 354 g/mol. The average molecular weight is 355 g/mol. The Morgan fingerprint density at radius 3 is 1.93 bits per heavy atom. The molecule has 0 N–H and O–H groups in total. The predicted octanol–water partition coefficient (Wildman–Crippen LogP) is 7.42. The zero-order valence-electron chi connectivity index (χ0n) is 16.7. The van der Waals surface area contributed by atoms with Crippen molar-refractivity contribution in [2.75, 3.05) is 0 Å². The second-order valence-electron chi connectivity index (χ2n) is 9.23. The molecule has 0 bridgehead atoms. The van der Waals surface area contributed by atoms with Crippen molar-refractivity contribution in [3.8, 4) is 11.1 Å². The first kappa shape index (κ1) is 17.0. The van der Waals surface area contributed by atoms with E-state index in [2.05, 4.69) is 81.1 Å². The van der Waals surface area contributed by atoms with E-state index in [-0.39, 0.29) is 0 Å². The van der Waals surface area contributed by atoms with E-state index in [1.54, 1.807) is 0 Å². The van der Waals surface area contributed by atoms with E-state index >= 15 is 0 Å². The molecule has 3 fully saturated rings. The fourth-order valence-electron chi connectivity index (χ4n) is 5.74. The summed E-state index contributed by atoms with van der Waals surface area (Å²) in [7, 11) is 0. The lowest BCUT2D eigenvalue weighted by atomic mass is 9.78. The van der Waals surface area contributed by atoms with Crippen molar-refractivity contribution in [2.45, 2.75) is 57.3 Å². The largest absolute Gasteiger partial charge is 0.0983 e. The van der Waals surface area contributed by atoms with Gasteiger partial charge in [0.2, 0.25) is 0 Å². The molecule has 2 unspecified atom stereocenters. The van der Waals surface area contributed by atoms with E-state index in [4.69, 9.17) is 0 Å². The van der Waals surface area contributed by atoms with Crippen LogP contribution in [0.4, 0.5) is 0 Å². The summed E-state index contributed by atoms with van der Waals surface area (Å²) in [6.45, 7) is 8.76. The standard InChI is InChI=1S/C27H30/c1-4-5-20-6-8-21(9-7-20)22-10-12-23(13-11-22)24-14-16-25(17-15-24)27-18-26(27,3)19(27)2/h4-5,10-17,20-21H,2,6-9,18H2,1,3H3. The van der Waals surface area contributed by atoms with Gasteiger partial charge in [0, 0.05) is 10.8 Å². The zero-order chi connectivity index (χ0) is 18.6. The van der Waals surface area contributed by atoms with Crippen LogP contribution in [0, 0.1) is 11.3 Å². The minimum Gasteiger partial charge on any atom is -0.0983 e. The summed E-state index contributed by atoms with van der Waals surface area (Å²) < 4.78 is 0.